The summed E-state index contributed by atoms with van der Waals surface area (Å²) in [4.78, 5) is 13.0. The van der Waals surface area contributed by atoms with Crippen LogP contribution in [0, 0.1) is 0 Å². The monoisotopic (exact) mass is 430 g/mol. The number of aryl methyl sites for hydroxylation is 1. The van der Waals surface area contributed by atoms with E-state index in [2.05, 4.69) is 20.5 Å². The van der Waals surface area contributed by atoms with Crippen molar-refractivity contribution in [2.24, 2.45) is 0 Å². The van der Waals surface area contributed by atoms with Crippen LogP contribution in [0.2, 0.25) is 0 Å². The maximum atomic E-state index is 11.3. The molecule has 0 atom stereocenters. The Kier molecular flexibility index (Phi) is 5.61. The molecule has 5 aromatic rings. The topological polar surface area (TPSA) is 101 Å². The molecule has 0 radical (unpaired) electrons. The van der Waals surface area contributed by atoms with E-state index in [9.17, 15) is 4.79 Å². The van der Waals surface area contributed by atoms with Gasteiger partial charge in [-0.25, -0.2) is 4.79 Å². The summed E-state index contributed by atoms with van der Waals surface area (Å²) in [6.45, 7) is 1.89. The van der Waals surface area contributed by atoms with Crippen molar-refractivity contribution in [1.29, 1.82) is 0 Å². The van der Waals surface area contributed by atoms with Gasteiger partial charge in [0.05, 0.1) is 12.8 Å². The van der Waals surface area contributed by atoms with Crippen LogP contribution in [0.5, 0.6) is 5.75 Å². The molecule has 9 heteroatoms. The van der Waals surface area contributed by atoms with Crippen LogP contribution in [0.1, 0.15) is 25.0 Å². The number of ether oxygens (including phenoxy) is 1. The van der Waals surface area contributed by atoms with Gasteiger partial charge in [0.15, 0.2) is 0 Å². The number of fused-ring (bicyclic) bond motifs is 2. The van der Waals surface area contributed by atoms with Crippen molar-refractivity contribution in [1.82, 2.24) is 30.0 Å². The molecule has 5 rings (SSSR count). The van der Waals surface area contributed by atoms with Crippen LogP contribution in [0.15, 0.2) is 70.0 Å². The fraction of sp³-hybridized carbons (Fsp3) is 0.261. The molecule has 2 aromatic carbocycles. The largest absolute Gasteiger partial charge is 0.493 e. The van der Waals surface area contributed by atoms with Crippen molar-refractivity contribution in [3.05, 3.63) is 76.9 Å². The number of unbranched alkanes of at least 4 members (excludes halogenated alkanes) is 2. The number of hydrogen-bond donors (Lipinski definition) is 0. The summed E-state index contributed by atoms with van der Waals surface area (Å²) in [6.07, 6.45) is 4.84. The van der Waals surface area contributed by atoms with Crippen molar-refractivity contribution in [3.8, 4) is 5.75 Å². The smallest absolute Gasteiger partial charge is 0.336 e. The second-order valence-electron chi connectivity index (χ2n) is 7.56. The summed E-state index contributed by atoms with van der Waals surface area (Å²) >= 11 is 0. The Bertz CT molecular complexity index is 1370. The lowest BCUT2D eigenvalue weighted by Crippen LogP contribution is -2.04. The molecular formula is C23H22N6O3. The van der Waals surface area contributed by atoms with Gasteiger partial charge in [0.25, 0.3) is 0 Å². The molecule has 0 spiro atoms. The number of hydrogen-bond acceptors (Lipinski definition) is 7. The molecule has 162 valence electrons. The number of aromatic nitrogens is 6. The van der Waals surface area contributed by atoms with Crippen molar-refractivity contribution in [2.75, 3.05) is 6.61 Å². The Hall–Kier alpha value is -4.01. The average Bonchev–Trinajstić information content (AvgIpc) is 3.42. The Morgan fingerprint density at radius 2 is 1.75 bits per heavy atom. The molecule has 0 unspecified atom stereocenters. The Morgan fingerprint density at radius 1 is 0.938 bits per heavy atom. The van der Waals surface area contributed by atoms with E-state index in [0.29, 0.717) is 24.5 Å². The average molecular weight is 430 g/mol. The fourth-order valence-corrected chi connectivity index (χ4v) is 3.51. The molecule has 0 N–H and O–H groups in total. The summed E-state index contributed by atoms with van der Waals surface area (Å²) < 4.78 is 12.8. The van der Waals surface area contributed by atoms with Gasteiger partial charge in [-0.1, -0.05) is 17.3 Å². The fourth-order valence-electron chi connectivity index (χ4n) is 3.51. The van der Waals surface area contributed by atoms with Crippen LogP contribution in [0.25, 0.3) is 22.0 Å². The van der Waals surface area contributed by atoms with Gasteiger partial charge in [0.2, 0.25) is 0 Å². The predicted molar refractivity (Wildman–Crippen MR) is 118 cm³/mol. The zero-order chi connectivity index (χ0) is 21.8. The molecule has 32 heavy (non-hydrogen) atoms. The van der Waals surface area contributed by atoms with Crippen LogP contribution in [-0.4, -0.2) is 36.6 Å². The molecule has 3 heterocycles. The highest BCUT2D eigenvalue weighted by molar-refractivity contribution is 5.77. The van der Waals surface area contributed by atoms with Crippen LogP contribution < -0.4 is 10.4 Å². The van der Waals surface area contributed by atoms with E-state index in [4.69, 9.17) is 9.15 Å². The highest BCUT2D eigenvalue weighted by Crippen LogP contribution is 2.19. The zero-order valence-electron chi connectivity index (χ0n) is 17.4. The first-order valence-electron chi connectivity index (χ1n) is 10.6. The summed E-state index contributed by atoms with van der Waals surface area (Å²) in [5.41, 5.74) is 2.75. The summed E-state index contributed by atoms with van der Waals surface area (Å²) in [5, 5.41) is 18.2. The number of nitrogens with zero attached hydrogens (tertiary/aromatic N) is 6. The van der Waals surface area contributed by atoms with E-state index in [-0.39, 0.29) is 5.63 Å². The van der Waals surface area contributed by atoms with E-state index in [0.717, 1.165) is 47.9 Å². The molecule has 9 nitrogen and oxygen atoms in total. The van der Waals surface area contributed by atoms with Crippen molar-refractivity contribution < 1.29 is 9.15 Å². The minimum absolute atomic E-state index is 0.361. The molecule has 0 saturated carbocycles. The maximum absolute atomic E-state index is 11.3. The van der Waals surface area contributed by atoms with Gasteiger partial charge in [0, 0.05) is 24.1 Å². The van der Waals surface area contributed by atoms with Gasteiger partial charge in [-0.15, -0.1) is 5.10 Å². The number of rotatable bonds is 9. The van der Waals surface area contributed by atoms with Gasteiger partial charge in [0.1, 0.15) is 34.6 Å². The van der Waals surface area contributed by atoms with Crippen LogP contribution >= 0.6 is 0 Å². The molecule has 0 saturated heterocycles. The van der Waals surface area contributed by atoms with Gasteiger partial charge in [-0.2, -0.15) is 15.0 Å². The summed E-state index contributed by atoms with van der Waals surface area (Å²) in [5.74, 6) is 0.702. The minimum atomic E-state index is -0.361. The maximum Gasteiger partial charge on any atom is 0.336 e. The quantitative estimate of drug-likeness (QED) is 0.261. The van der Waals surface area contributed by atoms with Crippen LogP contribution in [0.4, 0.5) is 0 Å². The third-order valence-electron chi connectivity index (χ3n) is 5.11. The van der Waals surface area contributed by atoms with E-state index >= 15 is 0 Å². The highest BCUT2D eigenvalue weighted by Gasteiger charge is 2.06. The second-order valence-corrected chi connectivity index (χ2v) is 7.56. The third kappa shape index (κ3) is 4.66. The standard InChI is InChI=1S/C23H22N6O3/c30-23-11-9-17-8-10-19(14-22(17)32-23)31-13-5-1-4-12-28-15-18(24-27-28)16-29-25-20-6-2-3-7-21(20)26-29/h2-3,6-11,14-15H,1,4-5,12-13,16H2. The summed E-state index contributed by atoms with van der Waals surface area (Å²) in [7, 11) is 0. The third-order valence-corrected chi connectivity index (χ3v) is 5.11. The first kappa shape index (κ1) is 19.9. The number of benzene rings is 2. The lowest BCUT2D eigenvalue weighted by molar-refractivity contribution is 0.303. The van der Waals surface area contributed by atoms with Crippen molar-refractivity contribution >= 4 is 22.0 Å². The highest BCUT2D eigenvalue weighted by atomic mass is 16.5. The first-order chi connectivity index (χ1) is 15.7. The molecule has 0 aliphatic carbocycles. The van der Waals surface area contributed by atoms with Crippen molar-refractivity contribution in [2.45, 2.75) is 32.4 Å². The Labute approximate surface area is 183 Å². The van der Waals surface area contributed by atoms with E-state index < -0.39 is 0 Å². The zero-order valence-corrected chi connectivity index (χ0v) is 17.4. The minimum Gasteiger partial charge on any atom is -0.493 e. The van der Waals surface area contributed by atoms with E-state index in [1.807, 2.05) is 47.3 Å². The second kappa shape index (κ2) is 9.01. The lowest BCUT2D eigenvalue weighted by Gasteiger charge is -2.07. The van der Waals surface area contributed by atoms with Gasteiger partial charge >= 0.3 is 5.63 Å². The van der Waals surface area contributed by atoms with E-state index in [1.165, 1.54) is 6.07 Å². The Balaban J connectivity index is 1.05. The van der Waals surface area contributed by atoms with Crippen LogP contribution in [0.3, 0.4) is 0 Å². The summed E-state index contributed by atoms with van der Waals surface area (Å²) in [6, 6.07) is 16.5. The van der Waals surface area contributed by atoms with E-state index in [1.54, 1.807) is 16.9 Å². The predicted octanol–water partition coefficient (Wildman–Crippen LogP) is 3.43. The lowest BCUT2D eigenvalue weighted by atomic mass is 10.2. The van der Waals surface area contributed by atoms with Crippen molar-refractivity contribution in [3.63, 3.8) is 0 Å². The molecule has 0 amide bonds. The van der Waals surface area contributed by atoms with Gasteiger partial charge in [-0.3, -0.25) is 4.68 Å². The molecule has 0 bridgehead atoms. The van der Waals surface area contributed by atoms with Crippen LogP contribution in [-0.2, 0) is 13.1 Å². The first-order valence-corrected chi connectivity index (χ1v) is 10.6. The molecule has 0 aliphatic heterocycles. The van der Waals surface area contributed by atoms with Gasteiger partial charge in [-0.05, 0) is 49.6 Å². The van der Waals surface area contributed by atoms with Gasteiger partial charge < -0.3 is 9.15 Å². The molecular weight excluding hydrogens is 408 g/mol. The Morgan fingerprint density at radius 3 is 2.59 bits per heavy atom. The normalized spacial score (nSPS) is 11.4. The molecule has 0 aliphatic rings. The molecule has 3 aromatic heterocycles. The SMILES string of the molecule is O=c1ccc2ccc(OCCCCCn3cc(Cn4nc5ccccc5n4)nn3)cc2o1. The molecule has 0 fully saturated rings.